The van der Waals surface area contributed by atoms with Gasteiger partial charge in [0.25, 0.3) is 0 Å². The van der Waals surface area contributed by atoms with Crippen molar-refractivity contribution in [3.63, 3.8) is 0 Å². The molecule has 1 saturated heterocycles. The molecule has 242 valence electrons. The van der Waals surface area contributed by atoms with Crippen molar-refractivity contribution in [3.8, 4) is 5.75 Å². The second-order valence-electron chi connectivity index (χ2n) is 13.2. The van der Waals surface area contributed by atoms with E-state index in [1.807, 2.05) is 54.6 Å². The number of carboxylic acid groups (broad SMARTS) is 1. The highest BCUT2D eigenvalue weighted by molar-refractivity contribution is 6.32. The standard InChI is InChI=1S/C41H31NO7/c43-33-17-8-7-16-28(33)36-27-18-19-29-35(39(47)42(38(29)46)26-15-9-12-24(20-26)40(48)49)31(27)21-32-37(45)30(23-10-3-1-4-11-23)22-34(44)41(32,36)25-13-5-2-6-14-25/h1-18,20,22,29,31-32,35-36,43H,19,21H2,(H,48,49)/t29-,31+,32-,35-,36+,41-/m0/s1. The van der Waals surface area contributed by atoms with Crippen LogP contribution < -0.4 is 4.90 Å². The number of imide groups is 1. The lowest BCUT2D eigenvalue weighted by Gasteiger charge is -2.55. The first-order valence-electron chi connectivity index (χ1n) is 16.3. The van der Waals surface area contributed by atoms with Gasteiger partial charge in [-0.2, -0.15) is 0 Å². The van der Waals surface area contributed by atoms with E-state index < -0.39 is 52.8 Å². The Labute approximate surface area is 282 Å². The van der Waals surface area contributed by atoms with Crippen LogP contribution in [0.2, 0.25) is 0 Å². The van der Waals surface area contributed by atoms with E-state index in [1.165, 1.54) is 24.3 Å². The monoisotopic (exact) mass is 649 g/mol. The summed E-state index contributed by atoms with van der Waals surface area (Å²) in [5.41, 5.74) is 1.43. The maximum atomic E-state index is 15.0. The zero-order valence-corrected chi connectivity index (χ0v) is 26.2. The molecule has 0 aromatic heterocycles. The summed E-state index contributed by atoms with van der Waals surface area (Å²) in [6.07, 6.45) is 3.72. The largest absolute Gasteiger partial charge is 0.508 e. The minimum absolute atomic E-state index is 0.0377. The number of aromatic hydroxyl groups is 1. The van der Waals surface area contributed by atoms with E-state index in [2.05, 4.69) is 0 Å². The van der Waals surface area contributed by atoms with Crippen LogP contribution in [0.1, 0.15) is 45.8 Å². The number of allylic oxidation sites excluding steroid dienone is 4. The van der Waals surface area contributed by atoms with E-state index >= 15 is 4.79 Å². The summed E-state index contributed by atoms with van der Waals surface area (Å²) >= 11 is 0. The summed E-state index contributed by atoms with van der Waals surface area (Å²) in [6.45, 7) is 0. The average molecular weight is 650 g/mol. The predicted molar refractivity (Wildman–Crippen MR) is 181 cm³/mol. The normalized spacial score (nSPS) is 27.5. The molecule has 8 nitrogen and oxygen atoms in total. The average Bonchev–Trinajstić information content (AvgIpc) is 3.39. The number of amides is 2. The van der Waals surface area contributed by atoms with Crippen LogP contribution in [0, 0.1) is 23.7 Å². The molecule has 8 heteroatoms. The number of para-hydroxylation sites is 1. The van der Waals surface area contributed by atoms with E-state index in [4.69, 9.17) is 0 Å². The van der Waals surface area contributed by atoms with Gasteiger partial charge < -0.3 is 10.2 Å². The van der Waals surface area contributed by atoms with E-state index in [9.17, 15) is 29.4 Å². The van der Waals surface area contributed by atoms with Crippen LogP contribution in [0.4, 0.5) is 5.69 Å². The minimum atomic E-state index is -1.44. The molecule has 2 amide bonds. The molecule has 1 aliphatic heterocycles. The maximum absolute atomic E-state index is 15.0. The van der Waals surface area contributed by atoms with Crippen LogP contribution in [0.3, 0.4) is 0 Å². The van der Waals surface area contributed by atoms with E-state index in [-0.39, 0.29) is 41.4 Å². The molecule has 1 saturated carbocycles. The summed E-state index contributed by atoms with van der Waals surface area (Å²) in [5, 5.41) is 21.0. The second kappa shape index (κ2) is 11.4. The second-order valence-corrected chi connectivity index (χ2v) is 13.2. The molecule has 4 aromatic carbocycles. The Hall–Kier alpha value is -5.89. The summed E-state index contributed by atoms with van der Waals surface area (Å²) in [7, 11) is 0. The number of rotatable bonds is 5. The molecular formula is C41H31NO7. The number of carbonyl (C=O) groups is 5. The molecule has 0 radical (unpaired) electrons. The number of Topliss-reactive ketones (excluding diaryl/α,β-unsaturated/α-hetero) is 1. The van der Waals surface area contributed by atoms with E-state index in [0.29, 0.717) is 22.3 Å². The Morgan fingerprint density at radius 1 is 0.776 bits per heavy atom. The fourth-order valence-corrected chi connectivity index (χ4v) is 8.98. The van der Waals surface area contributed by atoms with Crippen molar-refractivity contribution in [2.75, 3.05) is 4.90 Å². The van der Waals surface area contributed by atoms with Gasteiger partial charge in [0.2, 0.25) is 11.8 Å². The summed E-state index contributed by atoms with van der Waals surface area (Å²) in [4.78, 5) is 71.2. The molecule has 4 aromatic rings. The van der Waals surface area contributed by atoms with Crippen molar-refractivity contribution in [2.45, 2.75) is 24.2 Å². The molecule has 6 atom stereocenters. The Bertz CT molecular complexity index is 2140. The number of carbonyl (C=O) groups excluding carboxylic acids is 4. The smallest absolute Gasteiger partial charge is 0.335 e. The third-order valence-electron chi connectivity index (χ3n) is 11.0. The number of benzene rings is 4. The molecule has 3 aliphatic carbocycles. The first-order chi connectivity index (χ1) is 23.7. The van der Waals surface area contributed by atoms with Crippen molar-refractivity contribution in [1.82, 2.24) is 0 Å². The van der Waals surface area contributed by atoms with E-state index in [1.54, 1.807) is 42.5 Å². The van der Waals surface area contributed by atoms with E-state index in [0.717, 1.165) is 10.5 Å². The van der Waals surface area contributed by atoms with Crippen LogP contribution in [-0.2, 0) is 24.6 Å². The van der Waals surface area contributed by atoms with Crippen molar-refractivity contribution < 1.29 is 34.2 Å². The molecule has 4 aliphatic rings. The molecule has 2 N–H and O–H groups in total. The van der Waals surface area contributed by atoms with Gasteiger partial charge in [-0.05, 0) is 60.2 Å². The quantitative estimate of drug-likeness (QED) is 0.197. The molecule has 0 bridgehead atoms. The summed E-state index contributed by atoms with van der Waals surface area (Å²) in [6, 6.07) is 30.8. The molecule has 1 heterocycles. The number of nitrogens with zero attached hydrogens (tertiary/aromatic N) is 1. The Morgan fingerprint density at radius 3 is 2.18 bits per heavy atom. The third-order valence-corrected chi connectivity index (χ3v) is 11.0. The first kappa shape index (κ1) is 30.4. The molecular weight excluding hydrogens is 618 g/mol. The van der Waals surface area contributed by atoms with Gasteiger partial charge in [-0.3, -0.25) is 24.1 Å². The topological polar surface area (TPSA) is 129 Å². The van der Waals surface area contributed by atoms with Crippen LogP contribution in [0.15, 0.2) is 127 Å². The molecule has 0 unspecified atom stereocenters. The first-order valence-corrected chi connectivity index (χ1v) is 16.3. The van der Waals surface area contributed by atoms with Gasteiger partial charge in [0, 0.05) is 23.0 Å². The maximum Gasteiger partial charge on any atom is 0.335 e. The Kier molecular flexibility index (Phi) is 7.07. The fourth-order valence-electron chi connectivity index (χ4n) is 8.98. The molecule has 8 rings (SSSR count). The van der Waals surface area contributed by atoms with Gasteiger partial charge in [-0.1, -0.05) is 96.6 Å². The van der Waals surface area contributed by atoms with Gasteiger partial charge in [-0.15, -0.1) is 0 Å². The molecule has 49 heavy (non-hydrogen) atoms. The van der Waals surface area contributed by atoms with Gasteiger partial charge in [0.15, 0.2) is 11.6 Å². The highest BCUT2D eigenvalue weighted by Crippen LogP contribution is 2.64. The van der Waals surface area contributed by atoms with Crippen LogP contribution >= 0.6 is 0 Å². The lowest BCUT2D eigenvalue weighted by molar-refractivity contribution is -0.135. The predicted octanol–water partition coefficient (Wildman–Crippen LogP) is 6.12. The highest BCUT2D eigenvalue weighted by Gasteiger charge is 2.66. The number of ketones is 2. The SMILES string of the molecule is O=C(O)c1cccc(N2C(=O)[C@H]3[C@H](CC=C4[C@H]3C[C@H]3C(=O)C(c5ccccc5)=CC(=O)[C@@]3(c3ccccc3)[C@H]4c3ccccc3O)C2=O)c1. The summed E-state index contributed by atoms with van der Waals surface area (Å²) in [5.74, 6) is -6.56. The Morgan fingerprint density at radius 2 is 1.47 bits per heavy atom. The fraction of sp³-hybridized carbons (Fsp3) is 0.195. The van der Waals surface area contributed by atoms with Crippen LogP contribution in [0.25, 0.3) is 5.57 Å². The van der Waals surface area contributed by atoms with Crippen molar-refractivity contribution in [2.24, 2.45) is 23.7 Å². The number of hydrogen-bond acceptors (Lipinski definition) is 6. The van der Waals surface area contributed by atoms with Crippen molar-refractivity contribution in [1.29, 1.82) is 0 Å². The third kappa shape index (κ3) is 4.40. The van der Waals surface area contributed by atoms with Gasteiger partial charge >= 0.3 is 5.97 Å². The highest BCUT2D eigenvalue weighted by atomic mass is 16.4. The molecule has 2 fully saturated rings. The lowest BCUT2D eigenvalue weighted by Crippen LogP contribution is -2.58. The molecule has 0 spiro atoms. The summed E-state index contributed by atoms with van der Waals surface area (Å²) < 4.78 is 0. The lowest BCUT2D eigenvalue weighted by atomic mass is 9.44. The van der Waals surface area contributed by atoms with Crippen LogP contribution in [-0.4, -0.2) is 39.6 Å². The number of phenolic OH excluding ortho intramolecular Hbond substituents is 1. The number of anilines is 1. The van der Waals surface area contributed by atoms with Gasteiger partial charge in [0.05, 0.1) is 28.5 Å². The zero-order chi connectivity index (χ0) is 34.0. The minimum Gasteiger partial charge on any atom is -0.508 e. The Balaban J connectivity index is 1.34. The number of carboxylic acids is 1. The van der Waals surface area contributed by atoms with Gasteiger partial charge in [0.1, 0.15) is 5.75 Å². The van der Waals surface area contributed by atoms with Gasteiger partial charge in [-0.25, -0.2) is 4.79 Å². The number of phenols is 1. The van der Waals surface area contributed by atoms with Crippen LogP contribution in [0.5, 0.6) is 5.75 Å². The van der Waals surface area contributed by atoms with Crippen molar-refractivity contribution in [3.05, 3.63) is 149 Å². The van der Waals surface area contributed by atoms with Crippen molar-refractivity contribution >= 4 is 40.6 Å². The number of aromatic carboxylic acids is 1. The number of fused-ring (bicyclic) bond motifs is 4. The number of hydrogen-bond donors (Lipinski definition) is 2. The zero-order valence-electron chi connectivity index (χ0n) is 26.2.